The Hall–Kier alpha value is -1.84. The van der Waals surface area contributed by atoms with Crippen LogP contribution in [0.1, 0.15) is 11.1 Å². The van der Waals surface area contributed by atoms with Crippen molar-refractivity contribution < 1.29 is 4.74 Å². The van der Waals surface area contributed by atoms with Gasteiger partial charge in [-0.25, -0.2) is 0 Å². The summed E-state index contributed by atoms with van der Waals surface area (Å²) in [7, 11) is 0. The predicted octanol–water partition coefficient (Wildman–Crippen LogP) is 2.81. The van der Waals surface area contributed by atoms with Crippen LogP contribution in [-0.2, 0) is 13.0 Å². The molecule has 0 aliphatic carbocycles. The summed E-state index contributed by atoms with van der Waals surface area (Å²) in [6, 6.07) is 19.2. The van der Waals surface area contributed by atoms with Crippen molar-refractivity contribution in [2.24, 2.45) is 0 Å². The standard InChI is InChI=1S/C20H24N2O/c1-2-6-17(7-3-1)15-21-10-12-22(13-11-21)16-19-14-18-8-4-5-9-20(18)23-19/h1-9,19H,10-16H2. The van der Waals surface area contributed by atoms with Gasteiger partial charge in [0.15, 0.2) is 0 Å². The lowest BCUT2D eigenvalue weighted by Crippen LogP contribution is -2.48. The molecule has 0 amide bonds. The van der Waals surface area contributed by atoms with E-state index in [1.807, 2.05) is 0 Å². The second kappa shape index (κ2) is 6.73. The third-order valence-corrected chi connectivity index (χ3v) is 4.89. The lowest BCUT2D eigenvalue weighted by atomic mass is 10.1. The van der Waals surface area contributed by atoms with Crippen LogP contribution in [0.25, 0.3) is 0 Å². The molecule has 3 heteroatoms. The molecule has 2 aromatic rings. The van der Waals surface area contributed by atoms with Gasteiger partial charge < -0.3 is 4.74 Å². The van der Waals surface area contributed by atoms with E-state index >= 15 is 0 Å². The van der Waals surface area contributed by atoms with Crippen molar-refractivity contribution in [3.05, 3.63) is 65.7 Å². The Labute approximate surface area is 138 Å². The number of fused-ring (bicyclic) bond motifs is 1. The molecule has 23 heavy (non-hydrogen) atoms. The molecule has 1 atom stereocenters. The zero-order chi connectivity index (χ0) is 15.5. The number of hydrogen-bond donors (Lipinski definition) is 0. The van der Waals surface area contributed by atoms with Crippen molar-refractivity contribution in [1.29, 1.82) is 0 Å². The summed E-state index contributed by atoms with van der Waals surface area (Å²) in [5.74, 6) is 1.08. The highest BCUT2D eigenvalue weighted by molar-refractivity contribution is 5.37. The molecular weight excluding hydrogens is 284 g/mol. The minimum absolute atomic E-state index is 0.327. The van der Waals surface area contributed by atoms with Gasteiger partial charge in [-0.05, 0) is 17.2 Å². The number of nitrogens with zero attached hydrogens (tertiary/aromatic N) is 2. The maximum absolute atomic E-state index is 6.08. The monoisotopic (exact) mass is 308 g/mol. The van der Waals surface area contributed by atoms with Crippen LogP contribution in [0.3, 0.4) is 0 Å². The second-order valence-electron chi connectivity index (χ2n) is 6.61. The molecule has 0 saturated carbocycles. The Bertz CT molecular complexity index is 610. The summed E-state index contributed by atoms with van der Waals surface area (Å²) in [6.45, 7) is 6.70. The molecule has 3 nitrogen and oxygen atoms in total. The molecule has 2 aliphatic rings. The number of para-hydroxylation sites is 1. The summed E-state index contributed by atoms with van der Waals surface area (Å²) in [5, 5.41) is 0. The van der Waals surface area contributed by atoms with Crippen molar-refractivity contribution in [3.63, 3.8) is 0 Å². The SMILES string of the molecule is c1ccc(CN2CCN(CC3Cc4ccccc4O3)CC2)cc1. The van der Waals surface area contributed by atoms with E-state index in [0.717, 1.165) is 51.4 Å². The van der Waals surface area contributed by atoms with E-state index in [-0.39, 0.29) is 0 Å². The van der Waals surface area contributed by atoms with E-state index in [2.05, 4.69) is 64.4 Å². The first-order chi connectivity index (χ1) is 11.4. The van der Waals surface area contributed by atoms with E-state index in [1.54, 1.807) is 0 Å². The molecule has 2 heterocycles. The number of piperazine rings is 1. The fraction of sp³-hybridized carbons (Fsp3) is 0.400. The zero-order valence-corrected chi connectivity index (χ0v) is 13.5. The maximum Gasteiger partial charge on any atom is 0.123 e. The van der Waals surface area contributed by atoms with Crippen molar-refractivity contribution >= 4 is 0 Å². The van der Waals surface area contributed by atoms with Crippen molar-refractivity contribution in [2.75, 3.05) is 32.7 Å². The van der Waals surface area contributed by atoms with E-state index < -0.39 is 0 Å². The molecule has 2 aliphatic heterocycles. The minimum atomic E-state index is 0.327. The number of hydrogen-bond acceptors (Lipinski definition) is 3. The first kappa shape index (κ1) is 14.7. The molecule has 0 radical (unpaired) electrons. The smallest absolute Gasteiger partial charge is 0.123 e. The van der Waals surface area contributed by atoms with Gasteiger partial charge in [0.05, 0.1) is 0 Å². The van der Waals surface area contributed by atoms with Crippen molar-refractivity contribution in [3.8, 4) is 5.75 Å². The molecule has 0 spiro atoms. The summed E-state index contributed by atoms with van der Waals surface area (Å²) in [4.78, 5) is 5.11. The lowest BCUT2D eigenvalue weighted by molar-refractivity contribution is 0.0890. The van der Waals surface area contributed by atoms with Crippen molar-refractivity contribution in [2.45, 2.75) is 19.1 Å². The molecule has 1 fully saturated rings. The maximum atomic E-state index is 6.08. The summed E-state index contributed by atoms with van der Waals surface area (Å²) in [5.41, 5.74) is 2.77. The second-order valence-corrected chi connectivity index (χ2v) is 6.61. The van der Waals surface area contributed by atoms with Crippen LogP contribution in [0.5, 0.6) is 5.75 Å². The minimum Gasteiger partial charge on any atom is -0.488 e. The lowest BCUT2D eigenvalue weighted by Gasteiger charge is -2.35. The van der Waals surface area contributed by atoms with E-state index in [0.29, 0.717) is 6.10 Å². The zero-order valence-electron chi connectivity index (χ0n) is 13.5. The molecule has 0 aromatic heterocycles. The van der Waals surface area contributed by atoms with Gasteiger partial charge >= 0.3 is 0 Å². The number of ether oxygens (including phenoxy) is 1. The normalized spacial score (nSPS) is 21.8. The highest BCUT2D eigenvalue weighted by Gasteiger charge is 2.26. The number of rotatable bonds is 4. The average Bonchev–Trinajstić information content (AvgIpc) is 3.00. The molecular formula is C20H24N2O. The van der Waals surface area contributed by atoms with Gasteiger partial charge in [0, 0.05) is 45.7 Å². The summed E-state index contributed by atoms with van der Waals surface area (Å²) < 4.78 is 6.08. The Kier molecular flexibility index (Phi) is 4.31. The van der Waals surface area contributed by atoms with Gasteiger partial charge in [-0.2, -0.15) is 0 Å². The average molecular weight is 308 g/mol. The van der Waals surface area contributed by atoms with Crippen LogP contribution in [0.2, 0.25) is 0 Å². The van der Waals surface area contributed by atoms with Crippen LogP contribution >= 0.6 is 0 Å². The van der Waals surface area contributed by atoms with Crippen LogP contribution in [0, 0.1) is 0 Å². The Balaban J connectivity index is 1.25. The van der Waals surface area contributed by atoms with Crippen LogP contribution in [0.4, 0.5) is 0 Å². The van der Waals surface area contributed by atoms with Gasteiger partial charge in [-0.15, -0.1) is 0 Å². The first-order valence-electron chi connectivity index (χ1n) is 8.60. The van der Waals surface area contributed by atoms with E-state index in [1.165, 1.54) is 11.1 Å². The Morgan fingerprint density at radius 1 is 0.826 bits per heavy atom. The Morgan fingerprint density at radius 2 is 1.52 bits per heavy atom. The molecule has 4 rings (SSSR count). The van der Waals surface area contributed by atoms with Crippen molar-refractivity contribution in [1.82, 2.24) is 9.80 Å². The van der Waals surface area contributed by atoms with Crippen LogP contribution in [0.15, 0.2) is 54.6 Å². The summed E-state index contributed by atoms with van der Waals surface area (Å²) >= 11 is 0. The molecule has 120 valence electrons. The quantitative estimate of drug-likeness (QED) is 0.864. The predicted molar refractivity (Wildman–Crippen MR) is 92.7 cm³/mol. The molecule has 0 N–H and O–H groups in total. The third kappa shape index (κ3) is 3.57. The van der Waals surface area contributed by atoms with Gasteiger partial charge in [-0.1, -0.05) is 48.5 Å². The largest absolute Gasteiger partial charge is 0.488 e. The molecule has 0 bridgehead atoms. The topological polar surface area (TPSA) is 15.7 Å². The highest BCUT2D eigenvalue weighted by atomic mass is 16.5. The van der Waals surface area contributed by atoms with Gasteiger partial charge in [0.2, 0.25) is 0 Å². The van der Waals surface area contributed by atoms with Crippen LogP contribution < -0.4 is 4.74 Å². The third-order valence-electron chi connectivity index (χ3n) is 4.89. The molecule has 1 unspecified atom stereocenters. The highest BCUT2D eigenvalue weighted by Crippen LogP contribution is 2.28. The van der Waals surface area contributed by atoms with Crippen LogP contribution in [-0.4, -0.2) is 48.6 Å². The van der Waals surface area contributed by atoms with Gasteiger partial charge in [-0.3, -0.25) is 9.80 Å². The molecule has 2 aromatic carbocycles. The van der Waals surface area contributed by atoms with E-state index in [4.69, 9.17) is 4.74 Å². The Morgan fingerprint density at radius 3 is 2.30 bits per heavy atom. The summed E-state index contributed by atoms with van der Waals surface area (Å²) in [6.07, 6.45) is 1.38. The molecule has 1 saturated heterocycles. The fourth-order valence-corrected chi connectivity index (χ4v) is 3.62. The van der Waals surface area contributed by atoms with E-state index in [9.17, 15) is 0 Å². The van der Waals surface area contributed by atoms with Gasteiger partial charge in [0.25, 0.3) is 0 Å². The van der Waals surface area contributed by atoms with Gasteiger partial charge in [0.1, 0.15) is 11.9 Å². The first-order valence-corrected chi connectivity index (χ1v) is 8.60. The fourth-order valence-electron chi connectivity index (χ4n) is 3.62. The number of benzene rings is 2.